The maximum Gasteiger partial charge on any atom is 0.0839 e. The van der Waals surface area contributed by atoms with Crippen LogP contribution in [0.1, 0.15) is 38.4 Å². The van der Waals surface area contributed by atoms with Gasteiger partial charge in [-0.3, -0.25) is 9.58 Å². The first kappa shape index (κ1) is 19.1. The molecule has 1 fully saturated rings. The molecule has 1 unspecified atom stereocenters. The molecule has 0 radical (unpaired) electrons. The molecule has 1 aromatic carbocycles. The van der Waals surface area contributed by atoms with Crippen molar-refractivity contribution in [3.63, 3.8) is 0 Å². The summed E-state index contributed by atoms with van der Waals surface area (Å²) in [5.41, 5.74) is 3.05. The Morgan fingerprint density at radius 1 is 1.19 bits per heavy atom. The van der Waals surface area contributed by atoms with Crippen LogP contribution in [0, 0.1) is 10.8 Å². The zero-order valence-corrected chi connectivity index (χ0v) is 16.7. The van der Waals surface area contributed by atoms with Crippen molar-refractivity contribution in [1.82, 2.24) is 25.2 Å². The van der Waals surface area contributed by atoms with Crippen molar-refractivity contribution in [2.45, 2.75) is 40.2 Å². The van der Waals surface area contributed by atoms with Crippen LogP contribution in [0.25, 0.3) is 0 Å². The SMILES string of the molecule is Cn1cc(CCNCC2(C(C)(C)C)CCN(Cc3ccccc3)C2)nn1. The largest absolute Gasteiger partial charge is 0.316 e. The van der Waals surface area contributed by atoms with Gasteiger partial charge in [0, 0.05) is 51.3 Å². The van der Waals surface area contributed by atoms with Crippen LogP contribution in [0.2, 0.25) is 0 Å². The number of benzene rings is 1. The zero-order chi connectivity index (χ0) is 18.6. The fourth-order valence-corrected chi connectivity index (χ4v) is 4.01. The van der Waals surface area contributed by atoms with E-state index in [0.717, 1.165) is 38.3 Å². The van der Waals surface area contributed by atoms with Gasteiger partial charge in [-0.2, -0.15) is 0 Å². The number of nitrogens with zero attached hydrogens (tertiary/aromatic N) is 4. The minimum atomic E-state index is 0.276. The summed E-state index contributed by atoms with van der Waals surface area (Å²) >= 11 is 0. The number of aromatic nitrogens is 3. The smallest absolute Gasteiger partial charge is 0.0839 e. The van der Waals surface area contributed by atoms with Gasteiger partial charge in [0.15, 0.2) is 0 Å². The minimum Gasteiger partial charge on any atom is -0.316 e. The summed E-state index contributed by atoms with van der Waals surface area (Å²) < 4.78 is 1.77. The number of hydrogen-bond donors (Lipinski definition) is 1. The molecule has 0 aliphatic carbocycles. The summed E-state index contributed by atoms with van der Waals surface area (Å²) in [4.78, 5) is 2.62. The molecular formula is C21H33N5. The molecule has 1 aliphatic heterocycles. The quantitative estimate of drug-likeness (QED) is 0.776. The van der Waals surface area contributed by atoms with Crippen molar-refractivity contribution in [3.05, 3.63) is 47.8 Å². The maximum atomic E-state index is 4.17. The zero-order valence-electron chi connectivity index (χ0n) is 16.7. The van der Waals surface area contributed by atoms with E-state index in [4.69, 9.17) is 0 Å². The first-order chi connectivity index (χ1) is 12.4. The van der Waals surface area contributed by atoms with E-state index in [0.29, 0.717) is 5.41 Å². The lowest BCUT2D eigenvalue weighted by Gasteiger charge is -2.42. The van der Waals surface area contributed by atoms with Gasteiger partial charge >= 0.3 is 0 Å². The van der Waals surface area contributed by atoms with E-state index in [1.165, 1.54) is 18.5 Å². The van der Waals surface area contributed by atoms with Crippen LogP contribution in [-0.4, -0.2) is 46.1 Å². The van der Waals surface area contributed by atoms with Crippen molar-refractivity contribution >= 4 is 0 Å². The summed E-state index contributed by atoms with van der Waals surface area (Å²) in [5, 5.41) is 11.9. The first-order valence-corrected chi connectivity index (χ1v) is 9.70. The summed E-state index contributed by atoms with van der Waals surface area (Å²) in [6.45, 7) is 12.6. The molecule has 0 spiro atoms. The fourth-order valence-electron chi connectivity index (χ4n) is 4.01. The molecule has 142 valence electrons. The van der Waals surface area contributed by atoms with Crippen molar-refractivity contribution < 1.29 is 0 Å². The predicted molar refractivity (Wildman–Crippen MR) is 106 cm³/mol. The molecule has 2 heterocycles. The first-order valence-electron chi connectivity index (χ1n) is 9.70. The predicted octanol–water partition coefficient (Wildman–Crippen LogP) is 2.89. The van der Waals surface area contributed by atoms with Crippen LogP contribution in [0.15, 0.2) is 36.5 Å². The van der Waals surface area contributed by atoms with Crippen LogP contribution in [0.3, 0.4) is 0 Å². The number of hydrogen-bond acceptors (Lipinski definition) is 4. The van der Waals surface area contributed by atoms with Gasteiger partial charge in [-0.15, -0.1) is 5.10 Å². The third kappa shape index (κ3) is 4.51. The Morgan fingerprint density at radius 2 is 1.96 bits per heavy atom. The van der Waals surface area contributed by atoms with Gasteiger partial charge in [-0.25, -0.2) is 0 Å². The van der Waals surface area contributed by atoms with Crippen LogP contribution >= 0.6 is 0 Å². The molecule has 5 nitrogen and oxygen atoms in total. The second kappa shape index (κ2) is 7.89. The van der Waals surface area contributed by atoms with Gasteiger partial charge in [0.05, 0.1) is 5.69 Å². The highest BCUT2D eigenvalue weighted by molar-refractivity contribution is 5.15. The lowest BCUT2D eigenvalue weighted by molar-refractivity contribution is 0.0903. The Labute approximate surface area is 157 Å². The van der Waals surface area contributed by atoms with E-state index in [1.54, 1.807) is 4.68 Å². The third-order valence-corrected chi connectivity index (χ3v) is 5.94. The standard InChI is InChI=1S/C21H33N5/c1-20(2,3)21(16-22-12-10-19-15-25(4)24-23-19)11-13-26(17-21)14-18-8-6-5-7-9-18/h5-9,15,22H,10-14,16-17H2,1-4H3. The highest BCUT2D eigenvalue weighted by Gasteiger charge is 2.46. The molecule has 0 bridgehead atoms. The number of rotatable bonds is 7. The molecule has 1 atom stereocenters. The molecule has 1 N–H and O–H groups in total. The van der Waals surface area contributed by atoms with Crippen LogP contribution in [-0.2, 0) is 20.0 Å². The van der Waals surface area contributed by atoms with Crippen molar-refractivity contribution in [3.8, 4) is 0 Å². The van der Waals surface area contributed by atoms with Crippen LogP contribution in [0.5, 0.6) is 0 Å². The monoisotopic (exact) mass is 355 g/mol. The third-order valence-electron chi connectivity index (χ3n) is 5.94. The lowest BCUT2D eigenvalue weighted by Crippen LogP contribution is -2.46. The van der Waals surface area contributed by atoms with Gasteiger partial charge < -0.3 is 5.32 Å². The summed E-state index contributed by atoms with van der Waals surface area (Å²) in [6, 6.07) is 10.8. The van der Waals surface area contributed by atoms with Gasteiger partial charge in [0.1, 0.15) is 0 Å². The van der Waals surface area contributed by atoms with Crippen LogP contribution < -0.4 is 5.32 Å². The number of aryl methyl sites for hydroxylation is 1. The fraction of sp³-hybridized carbons (Fsp3) is 0.619. The van der Waals surface area contributed by atoms with Crippen molar-refractivity contribution in [1.29, 1.82) is 0 Å². The molecule has 1 aliphatic rings. The summed E-state index contributed by atoms with van der Waals surface area (Å²) in [6.07, 6.45) is 4.18. The summed E-state index contributed by atoms with van der Waals surface area (Å²) in [5.74, 6) is 0. The Balaban J connectivity index is 1.55. The van der Waals surface area contributed by atoms with E-state index < -0.39 is 0 Å². The molecule has 0 saturated carbocycles. The molecule has 1 saturated heterocycles. The van der Waals surface area contributed by atoms with E-state index in [9.17, 15) is 0 Å². The van der Waals surface area contributed by atoms with Gasteiger partial charge in [-0.05, 0) is 23.9 Å². The second-order valence-electron chi connectivity index (χ2n) is 8.79. The topological polar surface area (TPSA) is 46.0 Å². The molecule has 26 heavy (non-hydrogen) atoms. The Kier molecular flexibility index (Phi) is 5.78. The highest BCUT2D eigenvalue weighted by atomic mass is 15.4. The van der Waals surface area contributed by atoms with E-state index in [1.807, 2.05) is 13.2 Å². The van der Waals surface area contributed by atoms with Crippen molar-refractivity contribution in [2.24, 2.45) is 17.9 Å². The molecule has 3 rings (SSSR count). The van der Waals surface area contributed by atoms with Gasteiger partial charge in [-0.1, -0.05) is 56.3 Å². The average molecular weight is 356 g/mol. The normalized spacial score (nSPS) is 21.4. The molecule has 1 aromatic heterocycles. The molecule has 5 heteroatoms. The van der Waals surface area contributed by atoms with Crippen LogP contribution in [0.4, 0.5) is 0 Å². The van der Waals surface area contributed by atoms with Gasteiger partial charge in [0.2, 0.25) is 0 Å². The average Bonchev–Trinajstić information content (AvgIpc) is 3.19. The Hall–Kier alpha value is -1.72. The van der Waals surface area contributed by atoms with E-state index in [-0.39, 0.29) is 5.41 Å². The Morgan fingerprint density at radius 3 is 2.62 bits per heavy atom. The Bertz CT molecular complexity index is 688. The lowest BCUT2D eigenvalue weighted by atomic mass is 9.66. The minimum absolute atomic E-state index is 0.276. The maximum absolute atomic E-state index is 4.17. The second-order valence-corrected chi connectivity index (χ2v) is 8.79. The van der Waals surface area contributed by atoms with Crippen molar-refractivity contribution in [2.75, 3.05) is 26.2 Å². The molecular weight excluding hydrogens is 322 g/mol. The number of likely N-dealkylation sites (tertiary alicyclic amines) is 1. The number of nitrogens with one attached hydrogen (secondary N) is 1. The van der Waals surface area contributed by atoms with E-state index >= 15 is 0 Å². The van der Waals surface area contributed by atoms with Gasteiger partial charge in [0.25, 0.3) is 0 Å². The summed E-state index contributed by atoms with van der Waals surface area (Å²) in [7, 11) is 1.92. The molecule has 2 aromatic rings. The molecule has 0 amide bonds. The highest BCUT2D eigenvalue weighted by Crippen LogP contribution is 2.45. The van der Waals surface area contributed by atoms with E-state index in [2.05, 4.69) is 71.6 Å².